The Labute approximate surface area is 117 Å². The Bertz CT molecular complexity index is 365. The summed E-state index contributed by atoms with van der Waals surface area (Å²) in [6.07, 6.45) is 14.0. The van der Waals surface area contributed by atoms with Crippen LogP contribution in [0.5, 0.6) is 0 Å². The van der Waals surface area contributed by atoms with Gasteiger partial charge in [0.2, 0.25) is 0 Å². The summed E-state index contributed by atoms with van der Waals surface area (Å²) >= 11 is 0. The van der Waals surface area contributed by atoms with Crippen molar-refractivity contribution < 1.29 is 4.79 Å². The van der Waals surface area contributed by atoms with Gasteiger partial charge in [-0.3, -0.25) is 4.79 Å². The molecule has 19 heavy (non-hydrogen) atoms. The fourth-order valence-electron chi connectivity index (χ4n) is 2.11. The third-order valence-electron chi connectivity index (χ3n) is 3.30. The maximum atomic E-state index is 11.8. The average Bonchev–Trinajstić information content (AvgIpc) is 2.46. The van der Waals surface area contributed by atoms with Crippen LogP contribution in [0.3, 0.4) is 0 Å². The third kappa shape index (κ3) is 7.61. The van der Waals surface area contributed by atoms with Crippen molar-refractivity contribution in [2.24, 2.45) is 0 Å². The number of hydrogen-bond donors (Lipinski definition) is 0. The molecule has 0 aliphatic heterocycles. The van der Waals surface area contributed by atoms with Crippen LogP contribution in [0.2, 0.25) is 0 Å². The van der Waals surface area contributed by atoms with Gasteiger partial charge in [-0.25, -0.2) is 0 Å². The van der Waals surface area contributed by atoms with Crippen molar-refractivity contribution in [1.29, 1.82) is 0 Å². The molecule has 1 heteroatoms. The predicted molar refractivity (Wildman–Crippen MR) is 82.5 cm³/mol. The van der Waals surface area contributed by atoms with E-state index in [1.807, 2.05) is 36.4 Å². The number of unbranched alkanes of at least 4 members (excludes halogenated alkanes) is 7. The van der Waals surface area contributed by atoms with Gasteiger partial charge in [0.25, 0.3) is 0 Å². The van der Waals surface area contributed by atoms with E-state index in [-0.39, 0.29) is 5.78 Å². The highest BCUT2D eigenvalue weighted by Crippen LogP contribution is 2.09. The van der Waals surface area contributed by atoms with Gasteiger partial charge in [-0.15, -0.1) is 0 Å². The van der Waals surface area contributed by atoms with Gasteiger partial charge in [-0.2, -0.15) is 0 Å². The maximum Gasteiger partial charge on any atom is 0.185 e. The Balaban J connectivity index is 2.06. The third-order valence-corrected chi connectivity index (χ3v) is 3.30. The van der Waals surface area contributed by atoms with Gasteiger partial charge in [0.1, 0.15) is 0 Å². The molecule has 0 saturated carbocycles. The summed E-state index contributed by atoms with van der Waals surface area (Å²) in [5.74, 6) is 0.114. The lowest BCUT2D eigenvalue weighted by Crippen LogP contribution is -1.92. The molecular formula is C18H26O. The number of carbonyl (C=O) groups excluding carboxylic acids is 1. The topological polar surface area (TPSA) is 17.1 Å². The van der Waals surface area contributed by atoms with Crippen LogP contribution in [0.15, 0.2) is 42.5 Å². The van der Waals surface area contributed by atoms with Gasteiger partial charge in [0.05, 0.1) is 0 Å². The standard InChI is InChI=1S/C18H26O/c1-2-3-4-5-6-7-8-9-13-16-18(19)17-14-11-10-12-15-17/h10-16H,2-9H2,1H3. The van der Waals surface area contributed by atoms with E-state index in [0.717, 1.165) is 12.0 Å². The first-order valence-electron chi connectivity index (χ1n) is 7.60. The van der Waals surface area contributed by atoms with Gasteiger partial charge >= 0.3 is 0 Å². The molecule has 0 radical (unpaired) electrons. The Hall–Kier alpha value is -1.37. The minimum Gasteiger partial charge on any atom is -0.289 e. The Morgan fingerprint density at radius 3 is 2.26 bits per heavy atom. The number of allylic oxidation sites excluding steroid dienone is 2. The lowest BCUT2D eigenvalue weighted by atomic mass is 10.1. The minimum atomic E-state index is 0.114. The van der Waals surface area contributed by atoms with Crippen molar-refractivity contribution in [1.82, 2.24) is 0 Å². The zero-order valence-corrected chi connectivity index (χ0v) is 12.1. The smallest absolute Gasteiger partial charge is 0.185 e. The first-order valence-corrected chi connectivity index (χ1v) is 7.60. The van der Waals surface area contributed by atoms with Crippen molar-refractivity contribution in [2.45, 2.75) is 58.3 Å². The summed E-state index contributed by atoms with van der Waals surface area (Å²) in [5, 5.41) is 0. The molecule has 0 unspecified atom stereocenters. The van der Waals surface area contributed by atoms with E-state index in [9.17, 15) is 4.79 Å². The van der Waals surface area contributed by atoms with Crippen LogP contribution in [0, 0.1) is 0 Å². The maximum absolute atomic E-state index is 11.8. The largest absolute Gasteiger partial charge is 0.289 e. The summed E-state index contributed by atoms with van der Waals surface area (Å²) in [4.78, 5) is 11.8. The zero-order chi connectivity index (χ0) is 13.8. The zero-order valence-electron chi connectivity index (χ0n) is 12.1. The molecule has 0 saturated heterocycles. The van der Waals surface area contributed by atoms with E-state index >= 15 is 0 Å². The van der Waals surface area contributed by atoms with E-state index in [1.54, 1.807) is 6.08 Å². The van der Waals surface area contributed by atoms with Crippen LogP contribution >= 0.6 is 0 Å². The van der Waals surface area contributed by atoms with E-state index < -0.39 is 0 Å². The second-order valence-electron chi connectivity index (χ2n) is 5.04. The molecule has 0 amide bonds. The summed E-state index contributed by atoms with van der Waals surface area (Å²) in [5.41, 5.74) is 0.776. The molecule has 1 nitrogen and oxygen atoms in total. The summed E-state index contributed by atoms with van der Waals surface area (Å²) in [7, 11) is 0. The normalized spacial score (nSPS) is 11.0. The Morgan fingerprint density at radius 2 is 1.58 bits per heavy atom. The second-order valence-corrected chi connectivity index (χ2v) is 5.04. The highest BCUT2D eigenvalue weighted by atomic mass is 16.1. The van der Waals surface area contributed by atoms with Crippen LogP contribution in [0.1, 0.15) is 68.6 Å². The summed E-state index contributed by atoms with van der Waals surface area (Å²) in [6.45, 7) is 2.24. The van der Waals surface area contributed by atoms with Crippen molar-refractivity contribution in [3.8, 4) is 0 Å². The van der Waals surface area contributed by atoms with Gasteiger partial charge < -0.3 is 0 Å². The van der Waals surface area contributed by atoms with Crippen molar-refractivity contribution in [2.75, 3.05) is 0 Å². The van der Waals surface area contributed by atoms with Gasteiger partial charge in [-0.05, 0) is 18.9 Å². The van der Waals surface area contributed by atoms with Crippen LogP contribution in [0.25, 0.3) is 0 Å². The highest BCUT2D eigenvalue weighted by molar-refractivity contribution is 6.04. The van der Waals surface area contributed by atoms with Crippen molar-refractivity contribution in [3.05, 3.63) is 48.0 Å². The average molecular weight is 258 g/mol. The molecule has 104 valence electrons. The van der Waals surface area contributed by atoms with Crippen molar-refractivity contribution >= 4 is 5.78 Å². The molecule has 0 spiro atoms. The highest BCUT2D eigenvalue weighted by Gasteiger charge is 1.98. The van der Waals surface area contributed by atoms with Crippen LogP contribution in [-0.4, -0.2) is 5.78 Å². The quantitative estimate of drug-likeness (QED) is 0.305. The van der Waals surface area contributed by atoms with Gasteiger partial charge in [0.15, 0.2) is 5.78 Å². The van der Waals surface area contributed by atoms with E-state index in [0.29, 0.717) is 0 Å². The monoisotopic (exact) mass is 258 g/mol. The summed E-state index contributed by atoms with van der Waals surface area (Å²) in [6, 6.07) is 9.45. The van der Waals surface area contributed by atoms with Crippen LogP contribution < -0.4 is 0 Å². The predicted octanol–water partition coefficient (Wildman–Crippen LogP) is 5.57. The molecule has 0 bridgehead atoms. The number of carbonyl (C=O) groups is 1. The minimum absolute atomic E-state index is 0.114. The molecule has 1 rings (SSSR count). The van der Waals surface area contributed by atoms with E-state index in [2.05, 4.69) is 6.92 Å². The number of rotatable bonds is 10. The van der Waals surface area contributed by atoms with Gasteiger partial charge in [0, 0.05) is 5.56 Å². The fraction of sp³-hybridized carbons (Fsp3) is 0.500. The number of ketones is 1. The first-order chi connectivity index (χ1) is 9.34. The Morgan fingerprint density at radius 1 is 0.947 bits per heavy atom. The number of hydrogen-bond acceptors (Lipinski definition) is 1. The molecule has 0 atom stereocenters. The molecule has 0 aliphatic carbocycles. The molecule has 1 aromatic carbocycles. The molecule has 0 N–H and O–H groups in total. The SMILES string of the molecule is CCCCCCCCCC=CC(=O)c1ccccc1. The molecule has 0 heterocycles. The molecular weight excluding hydrogens is 232 g/mol. The fourth-order valence-corrected chi connectivity index (χ4v) is 2.11. The lowest BCUT2D eigenvalue weighted by molar-refractivity contribution is 0.104. The molecule has 0 aromatic heterocycles. The van der Waals surface area contributed by atoms with E-state index in [1.165, 1.54) is 44.9 Å². The Kier molecular flexibility index (Phi) is 8.70. The molecule has 0 aliphatic rings. The van der Waals surface area contributed by atoms with E-state index in [4.69, 9.17) is 0 Å². The van der Waals surface area contributed by atoms with Gasteiger partial charge in [-0.1, -0.05) is 81.9 Å². The number of benzene rings is 1. The van der Waals surface area contributed by atoms with Crippen molar-refractivity contribution in [3.63, 3.8) is 0 Å². The molecule has 1 aromatic rings. The first kappa shape index (κ1) is 15.7. The molecule has 0 fully saturated rings. The second kappa shape index (κ2) is 10.5. The van der Waals surface area contributed by atoms with Crippen LogP contribution in [0.4, 0.5) is 0 Å². The van der Waals surface area contributed by atoms with Crippen LogP contribution in [-0.2, 0) is 0 Å². The lowest BCUT2D eigenvalue weighted by Gasteiger charge is -1.99. The summed E-state index contributed by atoms with van der Waals surface area (Å²) < 4.78 is 0.